The van der Waals surface area contributed by atoms with Crippen molar-refractivity contribution < 1.29 is 14.4 Å². The molecule has 5 nitrogen and oxygen atoms in total. The van der Waals surface area contributed by atoms with Gasteiger partial charge in [0.25, 0.3) is 5.89 Å². The molecule has 112 valence electrons. The maximum atomic E-state index is 9.95. The molecule has 0 aliphatic heterocycles. The highest BCUT2D eigenvalue weighted by Gasteiger charge is 2.24. The zero-order valence-corrected chi connectivity index (χ0v) is 12.4. The van der Waals surface area contributed by atoms with Gasteiger partial charge >= 0.3 is 0 Å². The number of nitrogens with zero attached hydrogens (tertiary/aromatic N) is 2. The minimum Gasteiger partial charge on any atom is -0.507 e. The third kappa shape index (κ3) is 2.86. The van der Waals surface area contributed by atoms with Crippen molar-refractivity contribution in [3.8, 4) is 23.0 Å². The van der Waals surface area contributed by atoms with Gasteiger partial charge in [-0.3, -0.25) is 0 Å². The number of rotatable bonds is 3. The molecule has 2 aromatic rings. The van der Waals surface area contributed by atoms with Gasteiger partial charge in [0.15, 0.2) is 5.82 Å². The Balaban J connectivity index is 1.85. The number of benzene rings is 1. The van der Waals surface area contributed by atoms with Crippen LogP contribution < -0.4 is 4.74 Å². The van der Waals surface area contributed by atoms with Crippen LogP contribution in [0, 0.1) is 5.92 Å². The minimum atomic E-state index is 0.114. The second-order valence-corrected chi connectivity index (χ2v) is 5.80. The summed E-state index contributed by atoms with van der Waals surface area (Å²) in [6, 6.07) is 4.97. The summed E-state index contributed by atoms with van der Waals surface area (Å²) in [6.45, 7) is 2.28. The fourth-order valence-electron chi connectivity index (χ4n) is 2.84. The van der Waals surface area contributed by atoms with Crippen LogP contribution >= 0.6 is 0 Å². The third-order valence-electron chi connectivity index (χ3n) is 4.26. The van der Waals surface area contributed by atoms with Crippen molar-refractivity contribution in [2.75, 3.05) is 7.11 Å². The molecule has 1 saturated carbocycles. The van der Waals surface area contributed by atoms with Gasteiger partial charge in [0.1, 0.15) is 11.5 Å². The molecule has 1 aromatic carbocycles. The van der Waals surface area contributed by atoms with E-state index < -0.39 is 0 Å². The SMILES string of the molecule is COc1ccc(O)c(-c2nc(C3CCC(C)CC3)no2)c1. The Kier molecular flexibility index (Phi) is 3.82. The lowest BCUT2D eigenvalue weighted by molar-refractivity contribution is 0.328. The second-order valence-electron chi connectivity index (χ2n) is 5.80. The number of phenolic OH excluding ortho intramolecular Hbond substituents is 1. The summed E-state index contributed by atoms with van der Waals surface area (Å²) >= 11 is 0. The summed E-state index contributed by atoms with van der Waals surface area (Å²) in [5.41, 5.74) is 0.511. The zero-order valence-electron chi connectivity index (χ0n) is 12.4. The highest BCUT2D eigenvalue weighted by atomic mass is 16.5. The molecule has 0 radical (unpaired) electrons. The van der Waals surface area contributed by atoms with Crippen molar-refractivity contribution in [2.24, 2.45) is 5.92 Å². The van der Waals surface area contributed by atoms with Crippen LogP contribution in [-0.4, -0.2) is 22.4 Å². The first-order chi connectivity index (χ1) is 10.2. The number of hydrogen-bond acceptors (Lipinski definition) is 5. The van der Waals surface area contributed by atoms with E-state index in [0.717, 1.165) is 24.6 Å². The summed E-state index contributed by atoms with van der Waals surface area (Å²) < 4.78 is 10.5. The van der Waals surface area contributed by atoms with E-state index in [4.69, 9.17) is 9.26 Å². The quantitative estimate of drug-likeness (QED) is 0.931. The van der Waals surface area contributed by atoms with Crippen molar-refractivity contribution in [3.05, 3.63) is 24.0 Å². The van der Waals surface area contributed by atoms with Gasteiger partial charge in [-0.15, -0.1) is 0 Å². The molecule has 0 atom stereocenters. The molecule has 1 aliphatic carbocycles. The van der Waals surface area contributed by atoms with Crippen molar-refractivity contribution in [3.63, 3.8) is 0 Å². The first kappa shape index (κ1) is 13.9. The van der Waals surface area contributed by atoms with E-state index in [-0.39, 0.29) is 5.75 Å². The van der Waals surface area contributed by atoms with Gasteiger partial charge in [-0.05, 0) is 37.0 Å². The number of methoxy groups -OCH3 is 1. The van der Waals surface area contributed by atoms with E-state index in [9.17, 15) is 5.11 Å². The fourth-order valence-corrected chi connectivity index (χ4v) is 2.84. The number of ether oxygens (including phenoxy) is 1. The highest BCUT2D eigenvalue weighted by Crippen LogP contribution is 2.36. The highest BCUT2D eigenvalue weighted by molar-refractivity contribution is 5.64. The van der Waals surface area contributed by atoms with Gasteiger partial charge in [0.05, 0.1) is 12.7 Å². The van der Waals surface area contributed by atoms with Crippen LogP contribution in [-0.2, 0) is 0 Å². The van der Waals surface area contributed by atoms with Crippen LogP contribution in [0.25, 0.3) is 11.5 Å². The molecular weight excluding hydrogens is 268 g/mol. The Morgan fingerprint density at radius 1 is 1.24 bits per heavy atom. The third-order valence-corrected chi connectivity index (χ3v) is 4.26. The summed E-state index contributed by atoms with van der Waals surface area (Å²) in [6.07, 6.45) is 4.62. The Hall–Kier alpha value is -2.04. The minimum absolute atomic E-state index is 0.114. The average molecular weight is 288 g/mol. The van der Waals surface area contributed by atoms with Crippen molar-refractivity contribution in [2.45, 2.75) is 38.5 Å². The average Bonchev–Trinajstić information content (AvgIpc) is 2.98. The Morgan fingerprint density at radius 3 is 2.71 bits per heavy atom. The van der Waals surface area contributed by atoms with Gasteiger partial charge in [-0.1, -0.05) is 24.9 Å². The smallest absolute Gasteiger partial charge is 0.261 e. The van der Waals surface area contributed by atoms with E-state index in [1.807, 2.05) is 0 Å². The van der Waals surface area contributed by atoms with Gasteiger partial charge in [-0.25, -0.2) is 0 Å². The second kappa shape index (κ2) is 5.76. The molecule has 0 saturated heterocycles. The van der Waals surface area contributed by atoms with Crippen LogP contribution in [0.4, 0.5) is 0 Å². The molecule has 1 fully saturated rings. The summed E-state index contributed by atoms with van der Waals surface area (Å²) in [5, 5.41) is 14.1. The number of aromatic nitrogens is 2. The molecule has 0 spiro atoms. The van der Waals surface area contributed by atoms with Crippen LogP contribution in [0.1, 0.15) is 44.3 Å². The molecular formula is C16H20N2O3. The van der Waals surface area contributed by atoms with Crippen molar-refractivity contribution >= 4 is 0 Å². The molecule has 3 rings (SSSR count). The molecule has 21 heavy (non-hydrogen) atoms. The van der Waals surface area contributed by atoms with Gasteiger partial charge < -0.3 is 14.4 Å². The normalized spacial score (nSPS) is 22.2. The Labute approximate surface area is 123 Å². The first-order valence-electron chi connectivity index (χ1n) is 7.38. The zero-order chi connectivity index (χ0) is 14.8. The van der Waals surface area contributed by atoms with Crippen LogP contribution in [0.2, 0.25) is 0 Å². The lowest BCUT2D eigenvalue weighted by atomic mass is 9.83. The number of aromatic hydroxyl groups is 1. The van der Waals surface area contributed by atoms with Crippen LogP contribution in [0.5, 0.6) is 11.5 Å². The van der Waals surface area contributed by atoms with Gasteiger partial charge in [0.2, 0.25) is 0 Å². The number of hydrogen-bond donors (Lipinski definition) is 1. The predicted molar refractivity (Wildman–Crippen MR) is 78.3 cm³/mol. The Bertz CT molecular complexity index is 616. The van der Waals surface area contributed by atoms with Crippen molar-refractivity contribution in [1.29, 1.82) is 0 Å². The molecule has 1 heterocycles. The summed E-state index contributed by atoms with van der Waals surface area (Å²) in [4.78, 5) is 4.47. The predicted octanol–water partition coefficient (Wildman–Crippen LogP) is 3.74. The molecule has 1 N–H and O–H groups in total. The molecule has 5 heteroatoms. The lowest BCUT2D eigenvalue weighted by Crippen LogP contribution is -2.11. The van der Waals surface area contributed by atoms with Crippen LogP contribution in [0.15, 0.2) is 22.7 Å². The van der Waals surface area contributed by atoms with E-state index >= 15 is 0 Å². The molecule has 1 aliphatic rings. The van der Waals surface area contributed by atoms with E-state index in [0.29, 0.717) is 23.1 Å². The molecule has 0 unspecified atom stereocenters. The maximum absolute atomic E-state index is 9.95. The van der Waals surface area contributed by atoms with Crippen LogP contribution in [0.3, 0.4) is 0 Å². The summed E-state index contributed by atoms with van der Waals surface area (Å²) in [5.74, 6) is 3.01. The maximum Gasteiger partial charge on any atom is 0.261 e. The monoisotopic (exact) mass is 288 g/mol. The Morgan fingerprint density at radius 2 is 2.00 bits per heavy atom. The first-order valence-corrected chi connectivity index (χ1v) is 7.38. The fraction of sp³-hybridized carbons (Fsp3) is 0.500. The molecule has 0 bridgehead atoms. The largest absolute Gasteiger partial charge is 0.507 e. The topological polar surface area (TPSA) is 68.4 Å². The van der Waals surface area contributed by atoms with Gasteiger partial charge in [-0.2, -0.15) is 4.98 Å². The lowest BCUT2D eigenvalue weighted by Gasteiger charge is -2.23. The van der Waals surface area contributed by atoms with Crippen molar-refractivity contribution in [1.82, 2.24) is 10.1 Å². The summed E-state index contributed by atoms with van der Waals surface area (Å²) in [7, 11) is 1.58. The molecule has 0 amide bonds. The van der Waals surface area contributed by atoms with E-state index in [2.05, 4.69) is 17.1 Å². The standard InChI is InChI=1S/C16H20N2O3/c1-10-3-5-11(6-4-10)15-17-16(21-18-15)13-9-12(20-2)7-8-14(13)19/h7-11,19H,3-6H2,1-2H3. The van der Waals surface area contributed by atoms with E-state index in [1.54, 1.807) is 25.3 Å². The van der Waals surface area contributed by atoms with Gasteiger partial charge in [0, 0.05) is 5.92 Å². The number of phenols is 1. The van der Waals surface area contributed by atoms with E-state index in [1.165, 1.54) is 12.8 Å². The molecule has 1 aromatic heterocycles.